The van der Waals surface area contributed by atoms with Crippen LogP contribution in [0.4, 0.5) is 5.95 Å². The molecule has 1 saturated heterocycles. The lowest BCUT2D eigenvalue weighted by atomic mass is 9.86. The molecular formula is C13H21N3O. The molecule has 0 bridgehead atoms. The number of nitrogens with zero attached hydrogens (tertiary/aromatic N) is 2. The quantitative estimate of drug-likeness (QED) is 0.871. The fourth-order valence-corrected chi connectivity index (χ4v) is 2.45. The molecule has 4 nitrogen and oxygen atoms in total. The first kappa shape index (κ1) is 12.3. The van der Waals surface area contributed by atoms with Gasteiger partial charge in [0.05, 0.1) is 5.60 Å². The van der Waals surface area contributed by atoms with Gasteiger partial charge < -0.3 is 10.1 Å². The fourth-order valence-electron chi connectivity index (χ4n) is 2.45. The van der Waals surface area contributed by atoms with E-state index < -0.39 is 0 Å². The molecule has 0 radical (unpaired) electrons. The molecule has 1 aromatic heterocycles. The third-order valence-electron chi connectivity index (χ3n) is 3.68. The number of aromatic nitrogens is 2. The molecule has 4 heteroatoms. The van der Waals surface area contributed by atoms with Crippen LogP contribution in [0.3, 0.4) is 0 Å². The third kappa shape index (κ3) is 2.94. The Balaban J connectivity index is 1.98. The standard InChI is InChI=1S/C13H21N3O/c1-3-13(4-2)10-11(6-9-17-13)16-12-14-7-5-8-15-12/h5,7-8,11H,3-4,6,9-10H2,1-2H3,(H,14,15,16). The molecule has 1 aliphatic rings. The average molecular weight is 235 g/mol. The average Bonchev–Trinajstić information content (AvgIpc) is 2.40. The maximum atomic E-state index is 5.95. The molecule has 0 saturated carbocycles. The van der Waals surface area contributed by atoms with Crippen molar-refractivity contribution in [3.8, 4) is 0 Å². The van der Waals surface area contributed by atoms with Gasteiger partial charge in [-0.15, -0.1) is 0 Å². The van der Waals surface area contributed by atoms with Gasteiger partial charge in [-0.25, -0.2) is 9.97 Å². The molecule has 0 aliphatic carbocycles. The van der Waals surface area contributed by atoms with Crippen molar-refractivity contribution < 1.29 is 4.74 Å². The van der Waals surface area contributed by atoms with Crippen LogP contribution in [0.15, 0.2) is 18.5 Å². The smallest absolute Gasteiger partial charge is 0.222 e. The van der Waals surface area contributed by atoms with Gasteiger partial charge in [-0.3, -0.25) is 0 Å². The van der Waals surface area contributed by atoms with E-state index >= 15 is 0 Å². The van der Waals surface area contributed by atoms with E-state index in [9.17, 15) is 0 Å². The minimum absolute atomic E-state index is 0.0463. The molecule has 0 spiro atoms. The van der Waals surface area contributed by atoms with Crippen LogP contribution < -0.4 is 5.32 Å². The second kappa shape index (κ2) is 5.45. The molecule has 1 fully saturated rings. The van der Waals surface area contributed by atoms with E-state index in [4.69, 9.17) is 4.74 Å². The summed E-state index contributed by atoms with van der Waals surface area (Å²) in [6.07, 6.45) is 7.73. The number of anilines is 1. The van der Waals surface area contributed by atoms with Crippen LogP contribution in [0.5, 0.6) is 0 Å². The molecule has 2 heterocycles. The number of ether oxygens (including phenoxy) is 1. The first-order chi connectivity index (χ1) is 8.28. The van der Waals surface area contributed by atoms with Crippen LogP contribution in [0.25, 0.3) is 0 Å². The molecular weight excluding hydrogens is 214 g/mol. The van der Waals surface area contributed by atoms with Gasteiger partial charge in [0.2, 0.25) is 5.95 Å². The van der Waals surface area contributed by atoms with Crippen LogP contribution in [0.2, 0.25) is 0 Å². The van der Waals surface area contributed by atoms with Crippen LogP contribution in [0, 0.1) is 0 Å². The zero-order valence-electron chi connectivity index (χ0n) is 10.6. The summed E-state index contributed by atoms with van der Waals surface area (Å²) in [5.41, 5.74) is 0.0463. The topological polar surface area (TPSA) is 47.0 Å². The summed E-state index contributed by atoms with van der Waals surface area (Å²) in [7, 11) is 0. The lowest BCUT2D eigenvalue weighted by Crippen LogP contribution is -2.43. The molecule has 1 aliphatic heterocycles. The molecule has 0 amide bonds. The van der Waals surface area contributed by atoms with Crippen molar-refractivity contribution >= 4 is 5.95 Å². The molecule has 1 N–H and O–H groups in total. The Morgan fingerprint density at radius 3 is 2.71 bits per heavy atom. The second-order valence-electron chi connectivity index (χ2n) is 4.65. The summed E-state index contributed by atoms with van der Waals surface area (Å²) in [5.74, 6) is 0.723. The van der Waals surface area contributed by atoms with E-state index in [0.717, 1.165) is 38.2 Å². The highest BCUT2D eigenvalue weighted by Gasteiger charge is 2.34. The lowest BCUT2D eigenvalue weighted by molar-refractivity contribution is -0.0865. The van der Waals surface area contributed by atoms with Crippen molar-refractivity contribution in [3.63, 3.8) is 0 Å². The summed E-state index contributed by atoms with van der Waals surface area (Å²) in [6, 6.07) is 2.25. The van der Waals surface area contributed by atoms with Crippen molar-refractivity contribution in [2.45, 2.75) is 51.2 Å². The first-order valence-corrected chi connectivity index (χ1v) is 6.45. The Labute approximate surface area is 103 Å². The van der Waals surface area contributed by atoms with E-state index in [2.05, 4.69) is 29.1 Å². The minimum atomic E-state index is 0.0463. The third-order valence-corrected chi connectivity index (χ3v) is 3.68. The highest BCUT2D eigenvalue weighted by atomic mass is 16.5. The van der Waals surface area contributed by atoms with Gasteiger partial charge in [0, 0.05) is 25.0 Å². The van der Waals surface area contributed by atoms with E-state index in [1.54, 1.807) is 12.4 Å². The number of nitrogens with one attached hydrogen (secondary N) is 1. The number of hydrogen-bond donors (Lipinski definition) is 1. The van der Waals surface area contributed by atoms with E-state index in [-0.39, 0.29) is 5.60 Å². The van der Waals surface area contributed by atoms with Gasteiger partial charge in [0.1, 0.15) is 0 Å². The highest BCUT2D eigenvalue weighted by Crippen LogP contribution is 2.32. The predicted octanol–water partition coefficient (Wildman–Crippen LogP) is 2.63. The van der Waals surface area contributed by atoms with Crippen molar-refractivity contribution in [2.75, 3.05) is 11.9 Å². The normalized spacial score (nSPS) is 23.3. The highest BCUT2D eigenvalue weighted by molar-refractivity contribution is 5.24. The van der Waals surface area contributed by atoms with Gasteiger partial charge in [0.25, 0.3) is 0 Å². The Bertz CT molecular complexity index is 338. The van der Waals surface area contributed by atoms with Crippen molar-refractivity contribution in [3.05, 3.63) is 18.5 Å². The zero-order valence-corrected chi connectivity index (χ0v) is 10.6. The number of hydrogen-bond acceptors (Lipinski definition) is 4. The van der Waals surface area contributed by atoms with Crippen LogP contribution in [-0.2, 0) is 4.74 Å². The monoisotopic (exact) mass is 235 g/mol. The summed E-state index contributed by atoms with van der Waals surface area (Å²) in [6.45, 7) is 5.22. The molecule has 0 aromatic carbocycles. The largest absolute Gasteiger partial charge is 0.375 e. The second-order valence-corrected chi connectivity index (χ2v) is 4.65. The van der Waals surface area contributed by atoms with Crippen molar-refractivity contribution in [1.29, 1.82) is 0 Å². The fraction of sp³-hybridized carbons (Fsp3) is 0.692. The van der Waals surface area contributed by atoms with Gasteiger partial charge in [-0.2, -0.15) is 0 Å². The summed E-state index contributed by atoms with van der Waals surface area (Å²) in [5, 5.41) is 3.40. The lowest BCUT2D eigenvalue weighted by Gasteiger charge is -2.40. The summed E-state index contributed by atoms with van der Waals surface area (Å²) < 4.78 is 5.95. The van der Waals surface area contributed by atoms with Crippen molar-refractivity contribution in [2.24, 2.45) is 0 Å². The van der Waals surface area contributed by atoms with Gasteiger partial charge >= 0.3 is 0 Å². The maximum Gasteiger partial charge on any atom is 0.222 e. The van der Waals surface area contributed by atoms with Crippen LogP contribution in [0.1, 0.15) is 39.5 Å². The Kier molecular flexibility index (Phi) is 3.94. The van der Waals surface area contributed by atoms with E-state index in [1.165, 1.54) is 0 Å². The molecule has 17 heavy (non-hydrogen) atoms. The van der Waals surface area contributed by atoms with Gasteiger partial charge in [0.15, 0.2) is 0 Å². The molecule has 1 atom stereocenters. The first-order valence-electron chi connectivity index (χ1n) is 6.45. The maximum absolute atomic E-state index is 5.95. The van der Waals surface area contributed by atoms with E-state index in [1.807, 2.05) is 6.07 Å². The SMILES string of the molecule is CCC1(CC)CC(Nc2ncccn2)CCO1. The zero-order chi connectivity index (χ0) is 12.1. The molecule has 1 aromatic rings. The Morgan fingerprint density at radius 1 is 1.35 bits per heavy atom. The van der Waals surface area contributed by atoms with Gasteiger partial charge in [-0.05, 0) is 31.7 Å². The Hall–Kier alpha value is -1.16. The van der Waals surface area contributed by atoms with E-state index in [0.29, 0.717) is 6.04 Å². The van der Waals surface area contributed by atoms with Crippen LogP contribution >= 0.6 is 0 Å². The predicted molar refractivity (Wildman–Crippen MR) is 67.9 cm³/mol. The molecule has 1 unspecified atom stereocenters. The van der Waals surface area contributed by atoms with Gasteiger partial charge in [-0.1, -0.05) is 13.8 Å². The molecule has 94 valence electrons. The number of rotatable bonds is 4. The summed E-state index contributed by atoms with van der Waals surface area (Å²) >= 11 is 0. The van der Waals surface area contributed by atoms with Crippen molar-refractivity contribution in [1.82, 2.24) is 9.97 Å². The molecule has 2 rings (SSSR count). The Morgan fingerprint density at radius 2 is 2.06 bits per heavy atom. The van der Waals surface area contributed by atoms with Crippen LogP contribution in [-0.4, -0.2) is 28.2 Å². The minimum Gasteiger partial charge on any atom is -0.375 e. The summed E-state index contributed by atoms with van der Waals surface area (Å²) in [4.78, 5) is 8.42.